The Labute approximate surface area is 116 Å². The summed E-state index contributed by atoms with van der Waals surface area (Å²) in [5, 5.41) is 0. The van der Waals surface area contributed by atoms with Crippen LogP contribution in [0, 0.1) is 10.8 Å². The number of carbonyl (C=O) groups excluding carboxylic acids is 1. The maximum Gasteiger partial charge on any atom is 0.157 e. The molecule has 2 aliphatic carbocycles. The smallest absolute Gasteiger partial charge is 0.157 e. The predicted molar refractivity (Wildman–Crippen MR) is 77.7 cm³/mol. The van der Waals surface area contributed by atoms with Crippen molar-refractivity contribution in [3.05, 3.63) is 34.1 Å². The van der Waals surface area contributed by atoms with E-state index in [1.807, 2.05) is 6.92 Å². The molecule has 19 heavy (non-hydrogen) atoms. The molecule has 2 nitrogen and oxygen atoms in total. The maximum atomic E-state index is 12.0. The van der Waals surface area contributed by atoms with Gasteiger partial charge in [-0.05, 0) is 42.1 Å². The zero-order chi connectivity index (χ0) is 14.6. The molecule has 1 unspecified atom stereocenters. The molecule has 0 heterocycles. The molecule has 0 aliphatic heterocycles. The molecule has 0 radical (unpaired) electrons. The number of ketones is 1. The minimum absolute atomic E-state index is 0.0300. The van der Waals surface area contributed by atoms with Gasteiger partial charge in [-0.25, -0.2) is 0 Å². The molecule has 1 atom stereocenters. The predicted octanol–water partition coefficient (Wildman–Crippen LogP) is 4.19. The van der Waals surface area contributed by atoms with E-state index in [4.69, 9.17) is 4.74 Å². The standard InChI is InChI=1S/C17H24O2/c1-10-8-12(18)9-17(6)13(10)14(19-7)11(2)15(17)16(3,4)5/h8H,9H2,1-7H3. The summed E-state index contributed by atoms with van der Waals surface area (Å²) in [6.07, 6.45) is 2.31. The molecule has 2 aliphatic rings. The molecule has 0 saturated heterocycles. The molecule has 0 aromatic heterocycles. The van der Waals surface area contributed by atoms with Crippen molar-refractivity contribution < 1.29 is 9.53 Å². The van der Waals surface area contributed by atoms with Crippen LogP contribution in [0.2, 0.25) is 0 Å². The van der Waals surface area contributed by atoms with Gasteiger partial charge in [0, 0.05) is 17.4 Å². The lowest BCUT2D eigenvalue weighted by Crippen LogP contribution is -2.33. The van der Waals surface area contributed by atoms with Gasteiger partial charge in [0.25, 0.3) is 0 Å². The van der Waals surface area contributed by atoms with Gasteiger partial charge in [-0.2, -0.15) is 0 Å². The molecule has 0 aromatic rings. The van der Waals surface area contributed by atoms with Crippen LogP contribution in [0.25, 0.3) is 0 Å². The van der Waals surface area contributed by atoms with Crippen molar-refractivity contribution in [3.8, 4) is 0 Å². The van der Waals surface area contributed by atoms with Crippen molar-refractivity contribution in [2.24, 2.45) is 10.8 Å². The van der Waals surface area contributed by atoms with E-state index in [9.17, 15) is 4.79 Å². The average Bonchev–Trinajstić information content (AvgIpc) is 2.43. The van der Waals surface area contributed by atoms with Gasteiger partial charge < -0.3 is 4.74 Å². The van der Waals surface area contributed by atoms with Gasteiger partial charge in [-0.15, -0.1) is 0 Å². The summed E-state index contributed by atoms with van der Waals surface area (Å²) < 4.78 is 5.66. The lowest BCUT2D eigenvalue weighted by Gasteiger charge is -2.40. The fourth-order valence-electron chi connectivity index (χ4n) is 4.24. The van der Waals surface area contributed by atoms with Crippen molar-refractivity contribution in [1.82, 2.24) is 0 Å². The second-order valence-corrected chi connectivity index (χ2v) is 6.96. The van der Waals surface area contributed by atoms with Crippen LogP contribution < -0.4 is 0 Å². The molecular formula is C17H24O2. The minimum atomic E-state index is -0.205. The first kappa shape index (κ1) is 14.1. The second kappa shape index (κ2) is 4.09. The van der Waals surface area contributed by atoms with E-state index in [1.165, 1.54) is 16.7 Å². The van der Waals surface area contributed by atoms with Gasteiger partial charge in [0.05, 0.1) is 7.11 Å². The van der Waals surface area contributed by atoms with Crippen LogP contribution in [0.15, 0.2) is 34.1 Å². The van der Waals surface area contributed by atoms with Gasteiger partial charge in [0.2, 0.25) is 0 Å². The highest BCUT2D eigenvalue weighted by molar-refractivity contribution is 5.95. The Kier molecular flexibility index (Phi) is 3.04. The SMILES string of the molecule is COC1=C2C(C)=CC(=O)CC2(C)C(C(C)(C)C)=C1C. The summed E-state index contributed by atoms with van der Waals surface area (Å²) in [4.78, 5) is 12.0. The summed E-state index contributed by atoms with van der Waals surface area (Å²) in [5.41, 5.74) is 4.63. The van der Waals surface area contributed by atoms with Gasteiger partial charge >= 0.3 is 0 Å². The van der Waals surface area contributed by atoms with Crippen molar-refractivity contribution in [1.29, 1.82) is 0 Å². The van der Waals surface area contributed by atoms with E-state index in [0.29, 0.717) is 6.42 Å². The van der Waals surface area contributed by atoms with Crippen molar-refractivity contribution in [2.45, 2.75) is 48.0 Å². The first-order chi connectivity index (χ1) is 8.63. The molecule has 2 heteroatoms. The molecule has 0 aromatic carbocycles. The van der Waals surface area contributed by atoms with Crippen LogP contribution in [0.1, 0.15) is 48.0 Å². The highest BCUT2D eigenvalue weighted by atomic mass is 16.5. The summed E-state index contributed by atoms with van der Waals surface area (Å²) in [6, 6.07) is 0. The Morgan fingerprint density at radius 2 is 1.84 bits per heavy atom. The molecule has 0 amide bonds. The fraction of sp³-hybridized carbons (Fsp3) is 0.588. The molecular weight excluding hydrogens is 236 g/mol. The number of fused-ring (bicyclic) bond motifs is 1. The monoisotopic (exact) mass is 260 g/mol. The number of hydrogen-bond donors (Lipinski definition) is 0. The minimum Gasteiger partial charge on any atom is -0.496 e. The summed E-state index contributed by atoms with van der Waals surface area (Å²) in [6.45, 7) is 13.0. The third-order valence-electron chi connectivity index (χ3n) is 4.30. The number of ether oxygens (including phenoxy) is 1. The Morgan fingerprint density at radius 3 is 2.32 bits per heavy atom. The Balaban J connectivity index is 2.75. The van der Waals surface area contributed by atoms with E-state index < -0.39 is 0 Å². The van der Waals surface area contributed by atoms with Crippen molar-refractivity contribution in [2.75, 3.05) is 7.11 Å². The highest BCUT2D eigenvalue weighted by Crippen LogP contribution is 2.58. The van der Waals surface area contributed by atoms with Crippen LogP contribution in [0.4, 0.5) is 0 Å². The van der Waals surface area contributed by atoms with Gasteiger partial charge in [0.1, 0.15) is 5.76 Å². The van der Waals surface area contributed by atoms with Gasteiger partial charge in [-0.1, -0.05) is 27.7 Å². The lowest BCUT2D eigenvalue weighted by atomic mass is 9.63. The molecule has 0 spiro atoms. The summed E-state index contributed by atoms with van der Waals surface area (Å²) in [7, 11) is 1.72. The van der Waals surface area contributed by atoms with Crippen LogP contribution >= 0.6 is 0 Å². The number of carbonyl (C=O) groups is 1. The van der Waals surface area contributed by atoms with Crippen LogP contribution in [0.3, 0.4) is 0 Å². The fourth-order valence-corrected chi connectivity index (χ4v) is 4.24. The van der Waals surface area contributed by atoms with Gasteiger partial charge in [-0.3, -0.25) is 4.79 Å². The van der Waals surface area contributed by atoms with E-state index in [-0.39, 0.29) is 16.6 Å². The maximum absolute atomic E-state index is 12.0. The first-order valence-electron chi connectivity index (χ1n) is 6.85. The Bertz CT molecular complexity index is 538. The largest absolute Gasteiger partial charge is 0.496 e. The third-order valence-corrected chi connectivity index (χ3v) is 4.30. The van der Waals surface area contributed by atoms with Crippen molar-refractivity contribution in [3.63, 3.8) is 0 Å². The lowest BCUT2D eigenvalue weighted by molar-refractivity contribution is -0.116. The first-order valence-corrected chi connectivity index (χ1v) is 6.85. The second-order valence-electron chi connectivity index (χ2n) is 6.96. The van der Waals surface area contributed by atoms with Crippen LogP contribution in [-0.2, 0) is 9.53 Å². The summed E-state index contributed by atoms with van der Waals surface area (Å²) in [5.74, 6) is 1.18. The van der Waals surface area contributed by atoms with Crippen LogP contribution in [0.5, 0.6) is 0 Å². The molecule has 104 valence electrons. The molecule has 0 saturated carbocycles. The topological polar surface area (TPSA) is 26.3 Å². The normalized spacial score (nSPS) is 27.7. The number of rotatable bonds is 1. The number of hydrogen-bond acceptors (Lipinski definition) is 2. The van der Waals surface area contributed by atoms with Crippen molar-refractivity contribution >= 4 is 5.78 Å². The zero-order valence-corrected chi connectivity index (χ0v) is 13.1. The Morgan fingerprint density at radius 1 is 1.26 bits per heavy atom. The van der Waals surface area contributed by atoms with E-state index >= 15 is 0 Å². The molecule has 2 rings (SSSR count). The van der Waals surface area contributed by atoms with Gasteiger partial charge in [0.15, 0.2) is 5.78 Å². The zero-order valence-electron chi connectivity index (χ0n) is 13.1. The quantitative estimate of drug-likeness (QED) is 0.706. The van der Waals surface area contributed by atoms with E-state index in [2.05, 4.69) is 34.6 Å². The summed E-state index contributed by atoms with van der Waals surface area (Å²) >= 11 is 0. The number of methoxy groups -OCH3 is 1. The molecule has 0 N–H and O–H groups in total. The highest BCUT2D eigenvalue weighted by Gasteiger charge is 2.49. The van der Waals surface area contributed by atoms with E-state index in [1.54, 1.807) is 13.2 Å². The average molecular weight is 260 g/mol. The molecule has 0 bridgehead atoms. The van der Waals surface area contributed by atoms with E-state index in [0.717, 1.165) is 11.3 Å². The number of allylic oxidation sites excluding steroid dienone is 5. The van der Waals surface area contributed by atoms with Crippen LogP contribution in [-0.4, -0.2) is 12.9 Å². The Hall–Kier alpha value is -1.31. The third kappa shape index (κ3) is 1.89. The molecule has 0 fully saturated rings.